The van der Waals surface area contributed by atoms with Crippen LogP contribution >= 0.6 is 11.6 Å². The van der Waals surface area contributed by atoms with Gasteiger partial charge in [-0.05, 0) is 51.8 Å². The van der Waals surface area contributed by atoms with E-state index < -0.39 is 7.12 Å². The highest BCUT2D eigenvalue weighted by atomic mass is 35.5. The molecule has 1 aliphatic heterocycles. The van der Waals surface area contributed by atoms with Crippen LogP contribution in [0, 0.1) is 0 Å². The quantitative estimate of drug-likeness (QED) is 0.484. The van der Waals surface area contributed by atoms with E-state index in [1.165, 1.54) is 0 Å². The van der Waals surface area contributed by atoms with Gasteiger partial charge >= 0.3 is 7.12 Å². The second-order valence-electron chi connectivity index (χ2n) is 5.80. The Bertz CT molecular complexity index is 486. The summed E-state index contributed by atoms with van der Waals surface area (Å²) >= 11 is 6.05. The van der Waals surface area contributed by atoms with Crippen molar-refractivity contribution in [1.29, 1.82) is 0 Å². The Morgan fingerprint density at radius 3 is 2.37 bits per heavy atom. The maximum atomic E-state index is 6.05. The van der Waals surface area contributed by atoms with E-state index >= 15 is 0 Å². The lowest BCUT2D eigenvalue weighted by molar-refractivity contribution is 0.00578. The second-order valence-corrected chi connectivity index (χ2v) is 6.19. The van der Waals surface area contributed by atoms with E-state index in [0.717, 1.165) is 12.0 Å². The van der Waals surface area contributed by atoms with Crippen LogP contribution in [0.4, 0.5) is 0 Å². The van der Waals surface area contributed by atoms with Crippen molar-refractivity contribution in [3.63, 3.8) is 0 Å². The molecule has 102 valence electrons. The third kappa shape index (κ3) is 2.86. The van der Waals surface area contributed by atoms with E-state index in [4.69, 9.17) is 20.9 Å². The van der Waals surface area contributed by atoms with Crippen molar-refractivity contribution >= 4 is 24.3 Å². The fourth-order valence-corrected chi connectivity index (χ4v) is 2.18. The van der Waals surface area contributed by atoms with Gasteiger partial charge in [0, 0.05) is 0 Å². The molecule has 2 heterocycles. The summed E-state index contributed by atoms with van der Waals surface area (Å²) in [4.78, 5) is 4.31. The summed E-state index contributed by atoms with van der Waals surface area (Å²) in [6.07, 6.45) is 2.58. The zero-order chi connectivity index (χ0) is 14.3. The molecule has 1 aromatic rings. The average molecular weight is 280 g/mol. The molecular formula is C14H19BClNO2. The molecule has 2 rings (SSSR count). The van der Waals surface area contributed by atoms with Gasteiger partial charge in [-0.3, -0.25) is 0 Å². The molecule has 0 unspecified atom stereocenters. The molecule has 0 bridgehead atoms. The summed E-state index contributed by atoms with van der Waals surface area (Å²) in [5, 5.41) is 0.448. The van der Waals surface area contributed by atoms with Gasteiger partial charge in [0.05, 0.1) is 16.8 Å². The molecule has 0 amide bonds. The molecule has 5 heteroatoms. The number of aromatic nitrogens is 1. The summed E-state index contributed by atoms with van der Waals surface area (Å²) in [6.45, 7) is 11.8. The largest absolute Gasteiger partial charge is 0.514 e. The summed E-state index contributed by atoms with van der Waals surface area (Å²) < 4.78 is 11.9. The number of pyridine rings is 1. The minimum atomic E-state index is -0.479. The molecule has 1 aromatic heterocycles. The van der Waals surface area contributed by atoms with E-state index in [-0.39, 0.29) is 11.2 Å². The van der Waals surface area contributed by atoms with E-state index in [2.05, 4.69) is 11.6 Å². The Labute approximate surface area is 120 Å². The smallest absolute Gasteiger partial charge is 0.398 e. The van der Waals surface area contributed by atoms with Crippen molar-refractivity contribution in [3.05, 3.63) is 35.5 Å². The van der Waals surface area contributed by atoms with Crippen molar-refractivity contribution in [1.82, 2.24) is 4.98 Å². The molecule has 19 heavy (non-hydrogen) atoms. The van der Waals surface area contributed by atoms with Gasteiger partial charge in [0.1, 0.15) is 5.15 Å². The van der Waals surface area contributed by atoms with Gasteiger partial charge in [0.2, 0.25) is 0 Å². The third-order valence-corrected chi connectivity index (χ3v) is 3.94. The predicted octanol–water partition coefficient (Wildman–Crippen LogP) is 2.76. The average Bonchev–Trinajstić information content (AvgIpc) is 2.48. The molecule has 3 nitrogen and oxygen atoms in total. The number of hydrogen-bond acceptors (Lipinski definition) is 3. The molecule has 1 fully saturated rings. The van der Waals surface area contributed by atoms with E-state index in [1.54, 1.807) is 0 Å². The molecule has 0 aliphatic carbocycles. The maximum Gasteiger partial charge on any atom is 0.514 e. The maximum absolute atomic E-state index is 6.05. The van der Waals surface area contributed by atoms with Crippen molar-refractivity contribution in [3.8, 4) is 0 Å². The minimum Gasteiger partial charge on any atom is -0.398 e. The van der Waals surface area contributed by atoms with Gasteiger partial charge in [-0.2, -0.15) is 0 Å². The van der Waals surface area contributed by atoms with Gasteiger partial charge in [0.15, 0.2) is 0 Å². The fourth-order valence-electron chi connectivity index (χ4n) is 1.94. The van der Waals surface area contributed by atoms with Crippen molar-refractivity contribution in [2.45, 2.75) is 45.3 Å². The Balaban J connectivity index is 2.31. The lowest BCUT2D eigenvalue weighted by Gasteiger charge is -2.32. The molecule has 1 aliphatic rings. The zero-order valence-electron chi connectivity index (χ0n) is 11.9. The van der Waals surface area contributed by atoms with Crippen LogP contribution < -0.4 is 5.59 Å². The van der Waals surface area contributed by atoms with Gasteiger partial charge in [-0.1, -0.05) is 17.7 Å². The summed E-state index contributed by atoms with van der Waals surface area (Å²) in [5.41, 5.74) is 1.02. The van der Waals surface area contributed by atoms with Gasteiger partial charge in [0.25, 0.3) is 0 Å². The van der Waals surface area contributed by atoms with Gasteiger partial charge in [-0.25, -0.2) is 4.98 Å². The van der Waals surface area contributed by atoms with Crippen LogP contribution in [0.25, 0.3) is 0 Å². The van der Waals surface area contributed by atoms with Gasteiger partial charge < -0.3 is 9.31 Å². The minimum absolute atomic E-state index is 0.375. The van der Waals surface area contributed by atoms with E-state index in [0.29, 0.717) is 10.7 Å². The third-order valence-electron chi connectivity index (χ3n) is 3.75. The standard InChI is InChI=1S/C14H19BClNO2/c1-6-7-10-8-11(17-12(16)9-10)15-18-13(2,3)14(4,5)19-15/h6,8-9H,1,7H2,2-5H3. The number of hydrogen-bond donors (Lipinski definition) is 0. The summed E-state index contributed by atoms with van der Waals surface area (Å²) in [5.74, 6) is 0. The number of rotatable bonds is 3. The first-order valence-corrected chi connectivity index (χ1v) is 6.76. The summed E-state index contributed by atoms with van der Waals surface area (Å²) in [6, 6.07) is 3.79. The highest BCUT2D eigenvalue weighted by molar-refractivity contribution is 6.61. The SMILES string of the molecule is C=CCc1cc(Cl)nc(B2OC(C)(C)C(C)(C)O2)c1. The molecule has 0 radical (unpaired) electrons. The highest BCUT2D eigenvalue weighted by Gasteiger charge is 2.52. The first-order chi connectivity index (χ1) is 8.75. The van der Waals surface area contributed by atoms with Crippen LogP contribution in [0.5, 0.6) is 0 Å². The zero-order valence-corrected chi connectivity index (χ0v) is 12.6. The Kier molecular flexibility index (Phi) is 3.78. The molecular weight excluding hydrogens is 260 g/mol. The monoisotopic (exact) mass is 279 g/mol. The first kappa shape index (κ1) is 14.6. The Hall–Kier alpha value is -0.835. The molecule has 1 saturated heterocycles. The van der Waals surface area contributed by atoms with Gasteiger partial charge in [-0.15, -0.1) is 6.58 Å². The lowest BCUT2D eigenvalue weighted by Crippen LogP contribution is -2.41. The van der Waals surface area contributed by atoms with E-state index in [9.17, 15) is 0 Å². The molecule has 0 aromatic carbocycles. The van der Waals surface area contributed by atoms with E-state index in [1.807, 2.05) is 45.9 Å². The van der Waals surface area contributed by atoms with Crippen LogP contribution in [-0.4, -0.2) is 23.3 Å². The number of halogens is 1. The Morgan fingerprint density at radius 2 is 1.84 bits per heavy atom. The normalized spacial score (nSPS) is 20.6. The number of allylic oxidation sites excluding steroid dienone is 1. The molecule has 0 spiro atoms. The first-order valence-electron chi connectivity index (χ1n) is 6.38. The molecule has 0 saturated carbocycles. The lowest BCUT2D eigenvalue weighted by atomic mass is 9.83. The topological polar surface area (TPSA) is 31.4 Å². The molecule has 0 atom stereocenters. The fraction of sp³-hybridized carbons (Fsp3) is 0.500. The van der Waals surface area contributed by atoms with Crippen LogP contribution in [0.1, 0.15) is 33.3 Å². The van der Waals surface area contributed by atoms with Crippen molar-refractivity contribution in [2.24, 2.45) is 0 Å². The van der Waals surface area contributed by atoms with Crippen LogP contribution in [-0.2, 0) is 15.7 Å². The van der Waals surface area contributed by atoms with Crippen molar-refractivity contribution < 1.29 is 9.31 Å². The number of nitrogens with zero attached hydrogens (tertiary/aromatic N) is 1. The Morgan fingerprint density at radius 1 is 1.26 bits per heavy atom. The molecule has 0 N–H and O–H groups in total. The van der Waals surface area contributed by atoms with Crippen molar-refractivity contribution in [2.75, 3.05) is 0 Å². The predicted molar refractivity (Wildman–Crippen MR) is 78.9 cm³/mol. The van der Waals surface area contributed by atoms with Crippen LogP contribution in [0.3, 0.4) is 0 Å². The summed E-state index contributed by atoms with van der Waals surface area (Å²) in [7, 11) is -0.479. The second kappa shape index (κ2) is 4.93. The highest BCUT2D eigenvalue weighted by Crippen LogP contribution is 2.36. The van der Waals surface area contributed by atoms with Crippen LogP contribution in [0.2, 0.25) is 5.15 Å². The van der Waals surface area contributed by atoms with Crippen LogP contribution in [0.15, 0.2) is 24.8 Å².